The molecule has 0 aromatic heterocycles. The van der Waals surface area contributed by atoms with Gasteiger partial charge in [-0.3, -0.25) is 15.0 Å². The number of piperidine rings is 1. The molecule has 0 N–H and O–H groups in total. The average molecular weight is 473 g/mol. The van der Waals surface area contributed by atoms with Crippen LogP contribution in [0.2, 0.25) is 0 Å². The number of nitro groups is 1. The van der Waals surface area contributed by atoms with Gasteiger partial charge in [-0.15, -0.1) is 12.4 Å². The quantitative estimate of drug-likeness (QED) is 0.312. The third-order valence-corrected chi connectivity index (χ3v) is 6.83. The van der Waals surface area contributed by atoms with E-state index in [-0.39, 0.29) is 23.0 Å². The van der Waals surface area contributed by atoms with Gasteiger partial charge in [0.15, 0.2) is 0 Å². The molecule has 0 atom stereocenters. The summed E-state index contributed by atoms with van der Waals surface area (Å²) in [6.07, 6.45) is 8.59. The molecule has 1 aliphatic heterocycles. The second kappa shape index (κ2) is 10.8. The molecule has 3 aromatic rings. The van der Waals surface area contributed by atoms with Crippen LogP contribution in [0.4, 0.5) is 5.69 Å². The lowest BCUT2D eigenvalue weighted by Crippen LogP contribution is -2.31. The maximum atomic E-state index is 10.8. The number of nitrogens with zero attached hydrogens (tertiary/aromatic N) is 2. The van der Waals surface area contributed by atoms with Crippen LogP contribution in [0.3, 0.4) is 0 Å². The minimum absolute atomic E-state index is 0. The number of hydrogen-bond acceptors (Lipinski definition) is 3. The van der Waals surface area contributed by atoms with Crippen LogP contribution < -0.4 is 0 Å². The first-order valence-electron chi connectivity index (χ1n) is 11.7. The zero-order valence-corrected chi connectivity index (χ0v) is 20.0. The lowest BCUT2D eigenvalue weighted by Gasteiger charge is -2.29. The van der Waals surface area contributed by atoms with Crippen LogP contribution in [0, 0.1) is 10.1 Å². The summed E-state index contributed by atoms with van der Waals surface area (Å²) >= 11 is 0. The largest absolute Gasteiger partial charge is 0.299 e. The molecule has 0 bridgehead atoms. The highest BCUT2D eigenvalue weighted by molar-refractivity contribution is 5.86. The van der Waals surface area contributed by atoms with Gasteiger partial charge < -0.3 is 0 Å². The molecule has 174 valence electrons. The van der Waals surface area contributed by atoms with E-state index in [0.717, 1.165) is 50.9 Å². The first kappa shape index (κ1) is 23.9. The molecular weight excluding hydrogens is 444 g/mol. The van der Waals surface area contributed by atoms with Crippen LogP contribution in [-0.2, 0) is 12.8 Å². The van der Waals surface area contributed by atoms with Crippen LogP contribution >= 0.6 is 12.4 Å². The molecule has 0 amide bonds. The monoisotopic (exact) mass is 472 g/mol. The number of fused-ring (bicyclic) bond motifs is 2. The number of halogens is 1. The minimum Gasteiger partial charge on any atom is -0.299 e. The second-order valence-corrected chi connectivity index (χ2v) is 8.84. The Labute approximate surface area is 207 Å². The third kappa shape index (κ3) is 5.14. The van der Waals surface area contributed by atoms with E-state index in [1.54, 1.807) is 29.8 Å². The van der Waals surface area contributed by atoms with E-state index in [0.29, 0.717) is 0 Å². The summed E-state index contributed by atoms with van der Waals surface area (Å²) < 4.78 is 0. The van der Waals surface area contributed by atoms with Crippen LogP contribution in [0.1, 0.15) is 40.7 Å². The van der Waals surface area contributed by atoms with Gasteiger partial charge in [0.1, 0.15) is 0 Å². The zero-order valence-electron chi connectivity index (χ0n) is 19.2. The summed E-state index contributed by atoms with van der Waals surface area (Å²) in [6.45, 7) is 2.99. The summed E-state index contributed by atoms with van der Waals surface area (Å²) in [6, 6.07) is 24.6. The van der Waals surface area contributed by atoms with Crippen molar-refractivity contribution in [3.63, 3.8) is 0 Å². The molecule has 4 nitrogen and oxygen atoms in total. The van der Waals surface area contributed by atoms with Crippen molar-refractivity contribution in [3.05, 3.63) is 122 Å². The maximum absolute atomic E-state index is 10.8. The molecule has 34 heavy (non-hydrogen) atoms. The van der Waals surface area contributed by atoms with Gasteiger partial charge in [0.2, 0.25) is 0 Å². The molecule has 3 aromatic carbocycles. The third-order valence-electron chi connectivity index (χ3n) is 6.83. The van der Waals surface area contributed by atoms with Crippen molar-refractivity contribution >= 4 is 29.7 Å². The van der Waals surface area contributed by atoms with Gasteiger partial charge in [-0.25, -0.2) is 0 Å². The summed E-state index contributed by atoms with van der Waals surface area (Å²) in [7, 11) is 0. The van der Waals surface area contributed by atoms with Gasteiger partial charge in [-0.05, 0) is 71.2 Å². The van der Waals surface area contributed by atoms with Gasteiger partial charge in [-0.2, -0.15) is 0 Å². The number of rotatable bonds is 4. The Morgan fingerprint density at radius 3 is 1.91 bits per heavy atom. The predicted octanol–water partition coefficient (Wildman–Crippen LogP) is 6.73. The van der Waals surface area contributed by atoms with E-state index in [9.17, 15) is 10.1 Å². The molecule has 2 aliphatic rings. The van der Waals surface area contributed by atoms with Crippen LogP contribution in [0.25, 0.3) is 11.6 Å². The second-order valence-electron chi connectivity index (χ2n) is 8.84. The van der Waals surface area contributed by atoms with Crippen molar-refractivity contribution in [2.75, 3.05) is 19.6 Å². The standard InChI is InChI=1S/C29H28N2O2.ClH/c32-31(33)26-15-11-22(12-16-26)6-5-19-30-20-17-25(18-21-30)29-27-9-3-1-7-23(27)13-14-24-8-2-4-10-28(24)29;/h1-12,15-16H,13-14,17-21H2;1H/b6-5+;. The molecule has 0 unspecified atom stereocenters. The van der Waals surface area contributed by atoms with E-state index in [4.69, 9.17) is 0 Å². The van der Waals surface area contributed by atoms with Gasteiger partial charge in [0.25, 0.3) is 5.69 Å². The first-order chi connectivity index (χ1) is 16.2. The maximum Gasteiger partial charge on any atom is 0.269 e. The van der Waals surface area contributed by atoms with Crippen molar-refractivity contribution in [2.45, 2.75) is 25.7 Å². The van der Waals surface area contributed by atoms with Crippen molar-refractivity contribution in [1.82, 2.24) is 4.90 Å². The Bertz CT molecular complexity index is 1170. The summed E-state index contributed by atoms with van der Waals surface area (Å²) in [5, 5.41) is 10.8. The smallest absolute Gasteiger partial charge is 0.269 e. The molecular formula is C29H29ClN2O2. The van der Waals surface area contributed by atoms with Crippen molar-refractivity contribution < 1.29 is 4.92 Å². The van der Waals surface area contributed by atoms with E-state index in [1.165, 1.54) is 27.8 Å². The van der Waals surface area contributed by atoms with Gasteiger partial charge >= 0.3 is 0 Å². The zero-order chi connectivity index (χ0) is 22.6. The number of benzene rings is 3. The Morgan fingerprint density at radius 1 is 0.794 bits per heavy atom. The van der Waals surface area contributed by atoms with Crippen molar-refractivity contribution in [2.24, 2.45) is 0 Å². The molecule has 1 saturated heterocycles. The van der Waals surface area contributed by atoms with E-state index < -0.39 is 0 Å². The number of nitro benzene ring substituents is 1. The number of aryl methyl sites for hydroxylation is 2. The van der Waals surface area contributed by atoms with Gasteiger partial charge in [0.05, 0.1) is 4.92 Å². The highest BCUT2D eigenvalue weighted by atomic mass is 35.5. The molecule has 1 fully saturated rings. The summed E-state index contributed by atoms with van der Waals surface area (Å²) in [5.41, 5.74) is 9.94. The van der Waals surface area contributed by atoms with Gasteiger partial charge in [0, 0.05) is 31.8 Å². The van der Waals surface area contributed by atoms with Gasteiger partial charge in [-0.1, -0.05) is 66.3 Å². The predicted molar refractivity (Wildman–Crippen MR) is 141 cm³/mol. The highest BCUT2D eigenvalue weighted by Gasteiger charge is 2.23. The van der Waals surface area contributed by atoms with E-state index >= 15 is 0 Å². The Balaban J connectivity index is 0.00000274. The molecule has 0 saturated carbocycles. The van der Waals surface area contributed by atoms with Crippen LogP contribution in [0.5, 0.6) is 0 Å². The molecule has 1 aliphatic carbocycles. The van der Waals surface area contributed by atoms with Crippen molar-refractivity contribution in [1.29, 1.82) is 0 Å². The number of hydrogen-bond donors (Lipinski definition) is 0. The van der Waals surface area contributed by atoms with Crippen molar-refractivity contribution in [3.8, 4) is 0 Å². The lowest BCUT2D eigenvalue weighted by atomic mass is 9.86. The molecule has 1 heterocycles. The minimum atomic E-state index is -0.363. The Morgan fingerprint density at radius 2 is 1.35 bits per heavy atom. The average Bonchev–Trinajstić information content (AvgIpc) is 3.02. The SMILES string of the molecule is Cl.O=[N+]([O-])c1ccc(/C=C/CN2CCC(=C3c4ccccc4CCc4ccccc43)CC2)cc1. The van der Waals surface area contributed by atoms with E-state index in [2.05, 4.69) is 65.6 Å². The molecule has 5 heteroatoms. The molecule has 5 rings (SSSR count). The fourth-order valence-corrected chi connectivity index (χ4v) is 5.06. The topological polar surface area (TPSA) is 46.4 Å². The lowest BCUT2D eigenvalue weighted by molar-refractivity contribution is -0.384. The highest BCUT2D eigenvalue weighted by Crippen LogP contribution is 2.38. The summed E-state index contributed by atoms with van der Waals surface area (Å²) in [4.78, 5) is 12.9. The van der Waals surface area contributed by atoms with E-state index in [1.807, 2.05) is 0 Å². The van der Waals surface area contributed by atoms with Crippen LogP contribution in [0.15, 0.2) is 84.4 Å². The first-order valence-corrected chi connectivity index (χ1v) is 11.7. The summed E-state index contributed by atoms with van der Waals surface area (Å²) in [5.74, 6) is 0. The number of likely N-dealkylation sites (tertiary alicyclic amines) is 1. The Hall–Kier alpha value is -3.21. The fourth-order valence-electron chi connectivity index (χ4n) is 5.06. The Kier molecular flexibility index (Phi) is 7.61. The molecule has 0 spiro atoms. The fraction of sp³-hybridized carbons (Fsp3) is 0.241. The number of non-ortho nitro benzene ring substituents is 1. The van der Waals surface area contributed by atoms with Crippen LogP contribution in [-0.4, -0.2) is 29.5 Å². The normalized spacial score (nSPS) is 15.9. The molecule has 0 radical (unpaired) electrons.